The topological polar surface area (TPSA) is 87.7 Å². The summed E-state index contributed by atoms with van der Waals surface area (Å²) in [5.74, 6) is -0.683. The van der Waals surface area contributed by atoms with Crippen LogP contribution in [0.25, 0.3) is 0 Å². The highest BCUT2D eigenvalue weighted by Crippen LogP contribution is 2.17. The van der Waals surface area contributed by atoms with Gasteiger partial charge in [-0.2, -0.15) is 0 Å². The minimum Gasteiger partial charge on any atom is -0.375 e. The third kappa shape index (κ3) is 5.39. The second-order valence-electron chi connectivity index (χ2n) is 6.71. The molecule has 152 valence electrons. The molecule has 2 aliphatic rings. The van der Waals surface area contributed by atoms with Crippen molar-refractivity contribution in [2.24, 2.45) is 0 Å². The standard InChI is InChI=1S/C17H24FN3O4S.ClH/c1-12-16(19-7-9-25-12)17(22)21-8-3-5-14(11-21)20-26(23,24)15-6-2-4-13(18)10-15;/h2,4,6,10,12,14,16,19-20H,3,5,7-9,11H2,1H3;1H/t12-,14?,16+;/m1./s1. The second-order valence-corrected chi connectivity index (χ2v) is 8.42. The fraction of sp³-hybridized carbons (Fsp3) is 0.588. The molecule has 3 atom stereocenters. The van der Waals surface area contributed by atoms with E-state index in [2.05, 4.69) is 10.0 Å². The molecule has 1 amide bonds. The third-order valence-corrected chi connectivity index (χ3v) is 6.26. The van der Waals surface area contributed by atoms with E-state index in [-0.39, 0.29) is 35.9 Å². The molecule has 0 aliphatic carbocycles. The van der Waals surface area contributed by atoms with Crippen LogP contribution in [-0.4, -0.2) is 63.7 Å². The van der Waals surface area contributed by atoms with Crippen LogP contribution in [0.15, 0.2) is 29.2 Å². The first-order valence-electron chi connectivity index (χ1n) is 8.78. The Morgan fingerprint density at radius 2 is 2.19 bits per heavy atom. The molecule has 2 saturated heterocycles. The molecule has 27 heavy (non-hydrogen) atoms. The first-order chi connectivity index (χ1) is 12.4. The van der Waals surface area contributed by atoms with Crippen LogP contribution in [0.4, 0.5) is 4.39 Å². The van der Waals surface area contributed by atoms with Crippen LogP contribution >= 0.6 is 12.4 Å². The van der Waals surface area contributed by atoms with Gasteiger partial charge in [0.05, 0.1) is 17.6 Å². The molecule has 2 fully saturated rings. The van der Waals surface area contributed by atoms with Gasteiger partial charge in [-0.05, 0) is 38.0 Å². The monoisotopic (exact) mass is 421 g/mol. The molecule has 2 N–H and O–H groups in total. The highest BCUT2D eigenvalue weighted by atomic mass is 35.5. The summed E-state index contributed by atoms with van der Waals surface area (Å²) in [7, 11) is -3.84. The molecule has 3 rings (SSSR count). The number of nitrogens with one attached hydrogen (secondary N) is 2. The Balaban J connectivity index is 0.00000261. The Hall–Kier alpha value is -1.26. The van der Waals surface area contributed by atoms with Gasteiger partial charge in [0, 0.05) is 25.7 Å². The number of carbonyl (C=O) groups is 1. The number of amides is 1. The van der Waals surface area contributed by atoms with E-state index in [1.807, 2.05) is 6.92 Å². The van der Waals surface area contributed by atoms with Crippen LogP contribution in [0.3, 0.4) is 0 Å². The summed E-state index contributed by atoms with van der Waals surface area (Å²) >= 11 is 0. The Morgan fingerprint density at radius 1 is 1.41 bits per heavy atom. The van der Waals surface area contributed by atoms with Gasteiger partial charge < -0.3 is 15.0 Å². The van der Waals surface area contributed by atoms with Gasteiger partial charge in [-0.25, -0.2) is 17.5 Å². The maximum absolute atomic E-state index is 13.3. The van der Waals surface area contributed by atoms with Gasteiger partial charge >= 0.3 is 0 Å². The van der Waals surface area contributed by atoms with E-state index in [0.29, 0.717) is 32.5 Å². The molecule has 2 heterocycles. The minimum atomic E-state index is -3.84. The van der Waals surface area contributed by atoms with E-state index in [4.69, 9.17) is 4.74 Å². The molecule has 1 unspecified atom stereocenters. The zero-order chi connectivity index (χ0) is 18.7. The van der Waals surface area contributed by atoms with Crippen LogP contribution in [0, 0.1) is 5.82 Å². The van der Waals surface area contributed by atoms with Crippen molar-refractivity contribution in [1.29, 1.82) is 0 Å². The van der Waals surface area contributed by atoms with Crippen molar-refractivity contribution in [2.75, 3.05) is 26.2 Å². The number of benzene rings is 1. The summed E-state index contributed by atoms with van der Waals surface area (Å²) in [5.41, 5.74) is 0. The molecule has 1 aromatic rings. The van der Waals surface area contributed by atoms with Gasteiger partial charge in [-0.3, -0.25) is 4.79 Å². The number of ether oxygens (including phenoxy) is 1. The summed E-state index contributed by atoms with van der Waals surface area (Å²) in [5, 5.41) is 3.16. The number of piperidine rings is 1. The van der Waals surface area contributed by atoms with Crippen molar-refractivity contribution < 1.29 is 22.3 Å². The van der Waals surface area contributed by atoms with Gasteiger partial charge in [-0.15, -0.1) is 12.4 Å². The number of carbonyl (C=O) groups excluding carboxylic acids is 1. The average Bonchev–Trinajstić information content (AvgIpc) is 2.61. The van der Waals surface area contributed by atoms with Crippen LogP contribution in [0.1, 0.15) is 19.8 Å². The van der Waals surface area contributed by atoms with Crippen molar-refractivity contribution in [1.82, 2.24) is 14.9 Å². The predicted molar refractivity (Wildman–Crippen MR) is 101 cm³/mol. The summed E-state index contributed by atoms with van der Waals surface area (Å²) in [6, 6.07) is 4.07. The van der Waals surface area contributed by atoms with E-state index in [1.165, 1.54) is 18.2 Å². The number of nitrogens with zero attached hydrogens (tertiary/aromatic N) is 1. The second kappa shape index (κ2) is 9.29. The number of sulfonamides is 1. The molecule has 0 bridgehead atoms. The van der Waals surface area contributed by atoms with Crippen molar-refractivity contribution in [2.45, 2.75) is 42.8 Å². The summed E-state index contributed by atoms with van der Waals surface area (Å²) in [6.07, 6.45) is 1.10. The van der Waals surface area contributed by atoms with E-state index < -0.39 is 27.9 Å². The molecule has 1 aromatic carbocycles. The van der Waals surface area contributed by atoms with Gasteiger partial charge in [0.15, 0.2) is 0 Å². The predicted octanol–water partition coefficient (Wildman–Crippen LogP) is 0.894. The quantitative estimate of drug-likeness (QED) is 0.754. The smallest absolute Gasteiger partial charge is 0.242 e. The van der Waals surface area contributed by atoms with Crippen LogP contribution in [0.2, 0.25) is 0 Å². The number of hydrogen-bond donors (Lipinski definition) is 2. The Kier molecular flexibility index (Phi) is 7.58. The van der Waals surface area contributed by atoms with Gasteiger partial charge in [0.2, 0.25) is 15.9 Å². The number of halogens is 2. The maximum atomic E-state index is 13.3. The molecule has 0 radical (unpaired) electrons. The first kappa shape index (κ1) is 22.0. The summed E-state index contributed by atoms with van der Waals surface area (Å²) in [4.78, 5) is 14.3. The molecular formula is C17H25ClFN3O4S. The zero-order valence-electron chi connectivity index (χ0n) is 15.1. The molecule has 10 heteroatoms. The zero-order valence-corrected chi connectivity index (χ0v) is 16.7. The van der Waals surface area contributed by atoms with Crippen LogP contribution in [-0.2, 0) is 19.6 Å². The molecular weight excluding hydrogens is 397 g/mol. The summed E-state index contributed by atoms with van der Waals surface area (Å²) in [6.45, 7) is 3.91. The fourth-order valence-corrected chi connectivity index (χ4v) is 4.69. The normalized spacial score (nSPS) is 26.3. The number of hydrogen-bond acceptors (Lipinski definition) is 5. The SMILES string of the molecule is C[C@H]1OCCN[C@@H]1C(=O)N1CCCC(NS(=O)(=O)c2cccc(F)c2)C1.Cl. The Bertz CT molecular complexity index is 764. The number of rotatable bonds is 4. The van der Waals surface area contributed by atoms with Crippen molar-refractivity contribution >= 4 is 28.3 Å². The largest absolute Gasteiger partial charge is 0.375 e. The van der Waals surface area contributed by atoms with Gasteiger partial charge in [0.25, 0.3) is 0 Å². The highest BCUT2D eigenvalue weighted by Gasteiger charge is 2.35. The fourth-order valence-electron chi connectivity index (χ4n) is 3.40. The lowest BCUT2D eigenvalue weighted by Crippen LogP contribution is -2.59. The minimum absolute atomic E-state index is 0. The average molecular weight is 422 g/mol. The Morgan fingerprint density at radius 3 is 2.89 bits per heavy atom. The van der Waals surface area contributed by atoms with Crippen molar-refractivity contribution in [3.63, 3.8) is 0 Å². The number of likely N-dealkylation sites (tertiary alicyclic amines) is 1. The van der Waals surface area contributed by atoms with Gasteiger partial charge in [-0.1, -0.05) is 6.07 Å². The maximum Gasteiger partial charge on any atom is 0.242 e. The van der Waals surface area contributed by atoms with E-state index >= 15 is 0 Å². The van der Waals surface area contributed by atoms with Crippen molar-refractivity contribution in [3.05, 3.63) is 30.1 Å². The molecule has 0 saturated carbocycles. The molecule has 0 aromatic heterocycles. The molecule has 0 spiro atoms. The van der Waals surface area contributed by atoms with E-state index in [9.17, 15) is 17.6 Å². The lowest BCUT2D eigenvalue weighted by atomic mass is 10.0. The highest BCUT2D eigenvalue weighted by molar-refractivity contribution is 7.89. The van der Waals surface area contributed by atoms with Crippen molar-refractivity contribution in [3.8, 4) is 0 Å². The lowest BCUT2D eigenvalue weighted by molar-refractivity contribution is -0.140. The summed E-state index contributed by atoms with van der Waals surface area (Å²) < 4.78 is 46.4. The lowest BCUT2D eigenvalue weighted by Gasteiger charge is -2.38. The van der Waals surface area contributed by atoms with E-state index in [0.717, 1.165) is 6.07 Å². The third-order valence-electron chi connectivity index (χ3n) is 4.74. The molecule has 7 nitrogen and oxygen atoms in total. The van der Waals surface area contributed by atoms with Gasteiger partial charge in [0.1, 0.15) is 11.9 Å². The van der Waals surface area contributed by atoms with E-state index in [1.54, 1.807) is 4.90 Å². The molecule has 2 aliphatic heterocycles. The first-order valence-corrected chi connectivity index (χ1v) is 10.3. The van der Waals surface area contributed by atoms with Crippen LogP contribution in [0.5, 0.6) is 0 Å². The number of morpholine rings is 1. The van der Waals surface area contributed by atoms with Crippen LogP contribution < -0.4 is 10.0 Å². The Labute approximate surface area is 165 Å².